The predicted octanol–water partition coefficient (Wildman–Crippen LogP) is 2.43. The molecule has 0 unspecified atom stereocenters. The molecule has 0 saturated carbocycles. The van der Waals surface area contributed by atoms with Gasteiger partial charge in [-0.15, -0.1) is 0 Å². The van der Waals surface area contributed by atoms with Crippen molar-refractivity contribution in [1.82, 2.24) is 9.80 Å². The summed E-state index contributed by atoms with van der Waals surface area (Å²) in [5, 5.41) is 0. The highest BCUT2D eigenvalue weighted by molar-refractivity contribution is 5.77. The summed E-state index contributed by atoms with van der Waals surface area (Å²) in [4.78, 5) is 17.3. The van der Waals surface area contributed by atoms with E-state index in [1.54, 1.807) is 0 Å². The predicted molar refractivity (Wildman–Crippen MR) is 91.3 cm³/mol. The van der Waals surface area contributed by atoms with Crippen molar-refractivity contribution in [2.75, 3.05) is 33.0 Å². The largest absolute Gasteiger partial charge is 0.454 e. The van der Waals surface area contributed by atoms with Crippen LogP contribution >= 0.6 is 0 Å². The SMILES string of the molecule is O=C(CCc1ccc2c(c1)OCO2)N1CCC[C@@H]1CN1CCCC1. The van der Waals surface area contributed by atoms with Gasteiger partial charge < -0.3 is 19.3 Å². The van der Waals surface area contributed by atoms with Crippen molar-refractivity contribution in [2.45, 2.75) is 44.6 Å². The third-order valence-corrected chi connectivity index (χ3v) is 5.43. The summed E-state index contributed by atoms with van der Waals surface area (Å²) in [6.45, 7) is 4.70. The molecule has 130 valence electrons. The van der Waals surface area contributed by atoms with Crippen LogP contribution in [-0.4, -0.2) is 54.7 Å². The number of carbonyl (C=O) groups is 1. The van der Waals surface area contributed by atoms with Crippen LogP contribution in [0.3, 0.4) is 0 Å². The first-order chi connectivity index (χ1) is 11.8. The van der Waals surface area contributed by atoms with Gasteiger partial charge in [-0.1, -0.05) is 6.07 Å². The molecule has 3 aliphatic rings. The molecule has 0 bridgehead atoms. The summed E-state index contributed by atoms with van der Waals surface area (Å²) >= 11 is 0. The maximum atomic E-state index is 12.7. The molecule has 1 amide bonds. The second-order valence-electron chi connectivity index (χ2n) is 7.08. The van der Waals surface area contributed by atoms with E-state index in [2.05, 4.69) is 9.80 Å². The summed E-state index contributed by atoms with van der Waals surface area (Å²) in [6.07, 6.45) is 6.27. The van der Waals surface area contributed by atoms with Gasteiger partial charge in [-0.3, -0.25) is 4.79 Å². The van der Waals surface area contributed by atoms with Crippen molar-refractivity contribution >= 4 is 5.91 Å². The Hall–Kier alpha value is -1.75. The van der Waals surface area contributed by atoms with Crippen LogP contribution in [0.2, 0.25) is 0 Å². The Morgan fingerprint density at radius 3 is 2.79 bits per heavy atom. The smallest absolute Gasteiger partial charge is 0.231 e. The first-order valence-corrected chi connectivity index (χ1v) is 9.20. The van der Waals surface area contributed by atoms with E-state index in [4.69, 9.17) is 9.47 Å². The van der Waals surface area contributed by atoms with E-state index in [9.17, 15) is 4.79 Å². The minimum Gasteiger partial charge on any atom is -0.454 e. The molecular formula is C19H26N2O3. The van der Waals surface area contributed by atoms with Crippen LogP contribution in [0.1, 0.15) is 37.7 Å². The maximum Gasteiger partial charge on any atom is 0.231 e. The van der Waals surface area contributed by atoms with E-state index in [0.29, 0.717) is 25.2 Å². The zero-order valence-electron chi connectivity index (χ0n) is 14.2. The summed E-state index contributed by atoms with van der Waals surface area (Å²) < 4.78 is 10.7. The normalized spacial score (nSPS) is 23.2. The number of carbonyl (C=O) groups excluding carboxylic acids is 1. The van der Waals surface area contributed by atoms with E-state index in [1.807, 2.05) is 18.2 Å². The molecular weight excluding hydrogens is 304 g/mol. The molecule has 0 radical (unpaired) electrons. The molecule has 0 aliphatic carbocycles. The summed E-state index contributed by atoms with van der Waals surface area (Å²) in [7, 11) is 0. The standard InChI is InChI=1S/C19H26N2O3/c22-19(8-6-15-5-7-17-18(12-15)24-14-23-17)21-11-3-4-16(21)13-20-9-1-2-10-20/h5,7,12,16H,1-4,6,8-11,13-14H2/t16-/m1/s1. The molecule has 5 nitrogen and oxygen atoms in total. The molecule has 2 fully saturated rings. The van der Waals surface area contributed by atoms with Crippen LogP contribution in [0.25, 0.3) is 0 Å². The van der Waals surface area contributed by atoms with E-state index in [1.165, 1.54) is 25.9 Å². The zero-order chi connectivity index (χ0) is 16.4. The Morgan fingerprint density at radius 2 is 1.92 bits per heavy atom. The minimum absolute atomic E-state index is 0.295. The zero-order valence-corrected chi connectivity index (χ0v) is 14.2. The van der Waals surface area contributed by atoms with E-state index >= 15 is 0 Å². The number of hydrogen-bond donors (Lipinski definition) is 0. The van der Waals surface area contributed by atoms with Crippen molar-refractivity contribution < 1.29 is 14.3 Å². The van der Waals surface area contributed by atoms with Crippen molar-refractivity contribution in [2.24, 2.45) is 0 Å². The number of ether oxygens (including phenoxy) is 2. The Bertz CT molecular complexity index is 598. The van der Waals surface area contributed by atoms with Crippen LogP contribution in [0.15, 0.2) is 18.2 Å². The Morgan fingerprint density at radius 1 is 1.08 bits per heavy atom. The fraction of sp³-hybridized carbons (Fsp3) is 0.632. The van der Waals surface area contributed by atoms with Crippen molar-refractivity contribution in [3.05, 3.63) is 23.8 Å². The number of hydrogen-bond acceptors (Lipinski definition) is 4. The lowest BCUT2D eigenvalue weighted by atomic mass is 10.1. The molecule has 0 N–H and O–H groups in total. The minimum atomic E-state index is 0.295. The van der Waals surface area contributed by atoms with Crippen LogP contribution in [0.4, 0.5) is 0 Å². The van der Waals surface area contributed by atoms with Gasteiger partial charge in [0.15, 0.2) is 11.5 Å². The first-order valence-electron chi connectivity index (χ1n) is 9.20. The fourth-order valence-corrected chi connectivity index (χ4v) is 4.11. The number of rotatable bonds is 5. The first kappa shape index (κ1) is 15.8. The summed E-state index contributed by atoms with van der Waals surface area (Å²) in [5.41, 5.74) is 1.14. The molecule has 24 heavy (non-hydrogen) atoms. The molecule has 0 aromatic heterocycles. The lowest BCUT2D eigenvalue weighted by molar-refractivity contribution is -0.132. The quantitative estimate of drug-likeness (QED) is 0.832. The van der Waals surface area contributed by atoms with E-state index in [0.717, 1.165) is 49.4 Å². The fourth-order valence-electron chi connectivity index (χ4n) is 4.11. The monoisotopic (exact) mass is 330 g/mol. The van der Waals surface area contributed by atoms with Gasteiger partial charge in [0.05, 0.1) is 0 Å². The van der Waals surface area contributed by atoms with Gasteiger partial charge in [0, 0.05) is 25.6 Å². The lowest BCUT2D eigenvalue weighted by Crippen LogP contribution is -2.42. The second-order valence-corrected chi connectivity index (χ2v) is 7.08. The molecule has 2 saturated heterocycles. The molecule has 5 heteroatoms. The van der Waals surface area contributed by atoms with E-state index in [-0.39, 0.29) is 0 Å². The summed E-state index contributed by atoms with van der Waals surface area (Å²) in [5.74, 6) is 1.90. The second kappa shape index (κ2) is 7.01. The van der Waals surface area contributed by atoms with Gasteiger partial charge in [-0.05, 0) is 62.9 Å². The average molecular weight is 330 g/mol. The molecule has 1 atom stereocenters. The van der Waals surface area contributed by atoms with Crippen LogP contribution in [0.5, 0.6) is 11.5 Å². The number of aryl methyl sites for hydroxylation is 1. The highest BCUT2D eigenvalue weighted by Gasteiger charge is 2.30. The molecule has 1 aromatic carbocycles. The molecule has 0 spiro atoms. The number of amides is 1. The average Bonchev–Trinajstić information content (AvgIpc) is 3.34. The molecule has 3 heterocycles. The molecule has 4 rings (SSSR count). The third kappa shape index (κ3) is 3.36. The van der Waals surface area contributed by atoms with Gasteiger partial charge in [0.2, 0.25) is 12.7 Å². The van der Waals surface area contributed by atoms with Gasteiger partial charge in [0.1, 0.15) is 0 Å². The number of fused-ring (bicyclic) bond motifs is 1. The van der Waals surface area contributed by atoms with Crippen LogP contribution < -0.4 is 9.47 Å². The van der Waals surface area contributed by atoms with Crippen molar-refractivity contribution in [1.29, 1.82) is 0 Å². The van der Waals surface area contributed by atoms with Gasteiger partial charge in [0.25, 0.3) is 0 Å². The summed E-state index contributed by atoms with van der Waals surface area (Å²) in [6, 6.07) is 6.40. The highest BCUT2D eigenvalue weighted by Crippen LogP contribution is 2.33. The van der Waals surface area contributed by atoms with Gasteiger partial charge in [-0.25, -0.2) is 0 Å². The molecule has 1 aromatic rings. The number of nitrogens with zero attached hydrogens (tertiary/aromatic N) is 2. The lowest BCUT2D eigenvalue weighted by Gasteiger charge is -2.28. The third-order valence-electron chi connectivity index (χ3n) is 5.43. The van der Waals surface area contributed by atoms with Crippen LogP contribution in [0, 0.1) is 0 Å². The Labute approximate surface area is 143 Å². The van der Waals surface area contributed by atoms with Gasteiger partial charge >= 0.3 is 0 Å². The van der Waals surface area contributed by atoms with E-state index < -0.39 is 0 Å². The number of benzene rings is 1. The van der Waals surface area contributed by atoms with Gasteiger partial charge in [-0.2, -0.15) is 0 Å². The van der Waals surface area contributed by atoms with Crippen molar-refractivity contribution in [3.63, 3.8) is 0 Å². The van der Waals surface area contributed by atoms with Crippen LogP contribution in [-0.2, 0) is 11.2 Å². The number of likely N-dealkylation sites (tertiary alicyclic amines) is 2. The Kier molecular flexibility index (Phi) is 4.60. The topological polar surface area (TPSA) is 42.0 Å². The molecule has 3 aliphatic heterocycles. The highest BCUT2D eigenvalue weighted by atomic mass is 16.7. The maximum absolute atomic E-state index is 12.7. The Balaban J connectivity index is 1.31. The van der Waals surface area contributed by atoms with Crippen molar-refractivity contribution in [3.8, 4) is 11.5 Å².